The molecule has 0 saturated heterocycles. The Labute approximate surface area is 242 Å². The number of carbonyl (C=O) groups excluding carboxylic acids is 3. The zero-order valence-electron chi connectivity index (χ0n) is 22.0. The largest absolute Gasteiger partial charge is 0.490 e. The summed E-state index contributed by atoms with van der Waals surface area (Å²) in [7, 11) is 0. The van der Waals surface area contributed by atoms with Crippen LogP contribution in [-0.4, -0.2) is 37.1 Å². The molecule has 0 bridgehead atoms. The van der Waals surface area contributed by atoms with Gasteiger partial charge in [-0.1, -0.05) is 41.1 Å². The van der Waals surface area contributed by atoms with Gasteiger partial charge < -0.3 is 20.1 Å². The molecule has 0 aliphatic rings. The first-order chi connectivity index (χ1) is 19.5. The normalized spacial score (nSPS) is 11.2. The summed E-state index contributed by atoms with van der Waals surface area (Å²) in [6, 6.07) is 15.0. The summed E-state index contributed by atoms with van der Waals surface area (Å²) in [5.41, 5.74) is 2.60. The number of benzene rings is 3. The van der Waals surface area contributed by atoms with Gasteiger partial charge in [0.05, 0.1) is 24.1 Å². The molecule has 3 aromatic rings. The highest BCUT2D eigenvalue weighted by Gasteiger charge is 2.34. The molecule has 0 unspecified atom stereocenters. The van der Waals surface area contributed by atoms with Gasteiger partial charge in [-0.15, -0.1) is 0 Å². The maximum atomic E-state index is 13.3. The molecule has 3 aromatic carbocycles. The van der Waals surface area contributed by atoms with E-state index in [1.54, 1.807) is 25.1 Å². The van der Waals surface area contributed by atoms with Gasteiger partial charge in [0.15, 0.2) is 18.1 Å². The molecule has 3 amide bonds. The molecule has 3 N–H and O–H groups in total. The minimum atomic E-state index is -4.67. The van der Waals surface area contributed by atoms with Crippen LogP contribution >= 0.6 is 15.9 Å². The molecule has 0 aliphatic carbocycles. The Morgan fingerprint density at radius 2 is 1.66 bits per heavy atom. The molecule has 0 atom stereocenters. The van der Waals surface area contributed by atoms with E-state index in [0.717, 1.165) is 17.7 Å². The lowest BCUT2D eigenvalue weighted by molar-refractivity contribution is -0.137. The van der Waals surface area contributed by atoms with Gasteiger partial charge in [-0.2, -0.15) is 18.3 Å². The van der Waals surface area contributed by atoms with Crippen LogP contribution in [0.4, 0.5) is 24.5 Å². The van der Waals surface area contributed by atoms with E-state index in [2.05, 4.69) is 37.1 Å². The predicted molar refractivity (Wildman–Crippen MR) is 151 cm³/mol. The Kier molecular flexibility index (Phi) is 10.9. The van der Waals surface area contributed by atoms with E-state index >= 15 is 0 Å². The second kappa shape index (κ2) is 14.3. The molecule has 0 heterocycles. The molecule has 3 rings (SSSR count). The zero-order chi connectivity index (χ0) is 30.0. The molecular formula is C28H26BrF3N4O5. The number of aryl methyl sites for hydroxylation is 1. The molecule has 0 radical (unpaired) electrons. The van der Waals surface area contributed by atoms with E-state index in [1.165, 1.54) is 24.4 Å². The molecule has 0 aliphatic heterocycles. The van der Waals surface area contributed by atoms with Crippen molar-refractivity contribution in [3.8, 4) is 11.5 Å². The van der Waals surface area contributed by atoms with Crippen molar-refractivity contribution in [3.05, 3.63) is 81.8 Å². The summed E-state index contributed by atoms with van der Waals surface area (Å²) in [4.78, 5) is 36.7. The maximum Gasteiger partial charge on any atom is 0.418 e. The highest BCUT2D eigenvalue weighted by Crippen LogP contribution is 2.36. The van der Waals surface area contributed by atoms with Gasteiger partial charge in [-0.05, 0) is 66.9 Å². The lowest BCUT2D eigenvalue weighted by Gasteiger charge is -2.15. The van der Waals surface area contributed by atoms with E-state index < -0.39 is 41.8 Å². The van der Waals surface area contributed by atoms with Crippen LogP contribution in [0.5, 0.6) is 11.5 Å². The molecule has 0 spiro atoms. The van der Waals surface area contributed by atoms with E-state index in [1.807, 2.05) is 19.1 Å². The van der Waals surface area contributed by atoms with E-state index in [9.17, 15) is 27.6 Å². The molecule has 0 fully saturated rings. The second-order valence-corrected chi connectivity index (χ2v) is 9.24. The van der Waals surface area contributed by atoms with E-state index in [-0.39, 0.29) is 22.6 Å². The molecule has 216 valence electrons. The first kappa shape index (κ1) is 31.1. The summed E-state index contributed by atoms with van der Waals surface area (Å²) in [6.45, 7) is 3.30. The number of para-hydroxylation sites is 1. The quantitative estimate of drug-likeness (QED) is 0.154. The van der Waals surface area contributed by atoms with Crippen molar-refractivity contribution in [2.24, 2.45) is 5.10 Å². The summed E-state index contributed by atoms with van der Waals surface area (Å²) in [6.07, 6.45) is -2.72. The zero-order valence-corrected chi connectivity index (χ0v) is 23.6. The molecule has 0 saturated carbocycles. The number of hydrogen-bond donors (Lipinski definition) is 3. The second-order valence-electron chi connectivity index (χ2n) is 8.33. The number of hydrogen-bond acceptors (Lipinski definition) is 6. The van der Waals surface area contributed by atoms with Gasteiger partial charge in [-0.3, -0.25) is 14.4 Å². The van der Waals surface area contributed by atoms with Gasteiger partial charge in [-0.25, -0.2) is 5.43 Å². The van der Waals surface area contributed by atoms with Gasteiger partial charge in [0, 0.05) is 10.2 Å². The van der Waals surface area contributed by atoms with Crippen LogP contribution in [0, 0.1) is 0 Å². The monoisotopic (exact) mass is 634 g/mol. The van der Waals surface area contributed by atoms with Crippen molar-refractivity contribution in [1.29, 1.82) is 0 Å². The van der Waals surface area contributed by atoms with Crippen molar-refractivity contribution in [3.63, 3.8) is 0 Å². The van der Waals surface area contributed by atoms with Crippen LogP contribution in [0.1, 0.15) is 30.5 Å². The van der Waals surface area contributed by atoms with Crippen molar-refractivity contribution in [2.75, 3.05) is 23.8 Å². The maximum absolute atomic E-state index is 13.3. The number of nitrogens with one attached hydrogen (secondary N) is 3. The number of alkyl halides is 3. The fourth-order valence-electron chi connectivity index (χ4n) is 3.53. The Hall–Kier alpha value is -4.39. The number of amides is 3. The SMILES string of the molecule is CCOc1cc(/C=N\NC(=O)C(=O)Nc2ccccc2CC)ccc1OCC(=O)Nc1ccc(Br)cc1C(F)(F)F. The van der Waals surface area contributed by atoms with Crippen LogP contribution in [0.3, 0.4) is 0 Å². The minimum Gasteiger partial charge on any atom is -0.490 e. The lowest BCUT2D eigenvalue weighted by Crippen LogP contribution is -2.32. The number of nitrogens with zero attached hydrogens (tertiary/aromatic N) is 1. The van der Waals surface area contributed by atoms with Gasteiger partial charge in [0.2, 0.25) is 0 Å². The van der Waals surface area contributed by atoms with Gasteiger partial charge >= 0.3 is 18.0 Å². The van der Waals surface area contributed by atoms with Crippen LogP contribution in [0.15, 0.2) is 70.2 Å². The average molecular weight is 635 g/mol. The third kappa shape index (κ3) is 9.07. The van der Waals surface area contributed by atoms with Crippen LogP contribution in [0.2, 0.25) is 0 Å². The fraction of sp³-hybridized carbons (Fsp3) is 0.214. The van der Waals surface area contributed by atoms with Crippen molar-refractivity contribution in [2.45, 2.75) is 26.4 Å². The van der Waals surface area contributed by atoms with E-state index in [0.29, 0.717) is 17.7 Å². The molecule has 13 heteroatoms. The standard InChI is InChI=1S/C28H26BrF3N4O5/c1-3-18-7-5-6-8-21(18)35-26(38)27(39)36-33-15-17-9-12-23(24(13-17)40-4-2)41-16-25(37)34-22-11-10-19(29)14-20(22)28(30,31)32/h5-15H,3-4,16H2,1-2H3,(H,34,37)(H,35,38)(H,36,39)/b33-15-. The van der Waals surface area contributed by atoms with Crippen LogP contribution in [0.25, 0.3) is 0 Å². The Bertz CT molecular complexity index is 1450. The predicted octanol–water partition coefficient (Wildman–Crippen LogP) is 5.54. The molecular weight excluding hydrogens is 609 g/mol. The number of halogens is 4. The summed E-state index contributed by atoms with van der Waals surface area (Å²) in [5.74, 6) is -2.28. The van der Waals surface area contributed by atoms with Gasteiger partial charge in [0.1, 0.15) is 0 Å². The Morgan fingerprint density at radius 3 is 2.37 bits per heavy atom. The number of hydrazone groups is 1. The lowest BCUT2D eigenvalue weighted by atomic mass is 10.1. The summed E-state index contributed by atoms with van der Waals surface area (Å²) >= 11 is 2.99. The number of ether oxygens (including phenoxy) is 2. The molecule has 9 nitrogen and oxygen atoms in total. The van der Waals surface area contributed by atoms with Crippen LogP contribution in [-0.2, 0) is 27.0 Å². The van der Waals surface area contributed by atoms with Crippen molar-refractivity contribution in [1.82, 2.24) is 5.43 Å². The molecule has 0 aromatic heterocycles. The Balaban J connectivity index is 1.61. The first-order valence-corrected chi connectivity index (χ1v) is 13.1. The fourth-order valence-corrected chi connectivity index (χ4v) is 3.89. The summed E-state index contributed by atoms with van der Waals surface area (Å²) < 4.78 is 51.2. The topological polar surface area (TPSA) is 118 Å². The highest BCUT2D eigenvalue weighted by atomic mass is 79.9. The smallest absolute Gasteiger partial charge is 0.418 e. The number of carbonyl (C=O) groups is 3. The average Bonchev–Trinajstić information content (AvgIpc) is 2.93. The van der Waals surface area contributed by atoms with Crippen molar-refractivity contribution < 1.29 is 37.0 Å². The van der Waals surface area contributed by atoms with Gasteiger partial charge in [0.25, 0.3) is 5.91 Å². The summed E-state index contributed by atoms with van der Waals surface area (Å²) in [5, 5.41) is 8.54. The number of rotatable bonds is 10. The van der Waals surface area contributed by atoms with Crippen molar-refractivity contribution >= 4 is 51.2 Å². The first-order valence-electron chi connectivity index (χ1n) is 12.3. The third-order valence-corrected chi connectivity index (χ3v) is 5.91. The highest BCUT2D eigenvalue weighted by molar-refractivity contribution is 9.10. The Morgan fingerprint density at radius 1 is 0.902 bits per heavy atom. The van der Waals surface area contributed by atoms with E-state index in [4.69, 9.17) is 9.47 Å². The molecule has 41 heavy (non-hydrogen) atoms. The third-order valence-electron chi connectivity index (χ3n) is 5.42. The van der Waals surface area contributed by atoms with Crippen LogP contribution < -0.4 is 25.5 Å². The number of anilines is 2. The minimum absolute atomic E-state index is 0.156.